The second kappa shape index (κ2) is 5.48. The van der Waals surface area contributed by atoms with Gasteiger partial charge in [0, 0.05) is 6.54 Å². The lowest BCUT2D eigenvalue weighted by Crippen LogP contribution is -2.46. The molecule has 0 bridgehead atoms. The van der Waals surface area contributed by atoms with Crippen LogP contribution in [0.5, 0.6) is 0 Å². The SMILES string of the molecule is CC(C)(C(N)=O)C(=O)NCCc1ccccc1. The molecular weight excluding hydrogens is 216 g/mol. The third-order valence-electron chi connectivity index (χ3n) is 2.73. The zero-order chi connectivity index (χ0) is 12.9. The molecule has 0 saturated carbocycles. The van der Waals surface area contributed by atoms with Gasteiger partial charge in [0.1, 0.15) is 5.41 Å². The van der Waals surface area contributed by atoms with Gasteiger partial charge in [-0.2, -0.15) is 0 Å². The van der Waals surface area contributed by atoms with Crippen LogP contribution in [0.1, 0.15) is 19.4 Å². The maximum Gasteiger partial charge on any atom is 0.235 e. The van der Waals surface area contributed by atoms with Crippen LogP contribution in [0.2, 0.25) is 0 Å². The summed E-state index contributed by atoms with van der Waals surface area (Å²) in [6.45, 7) is 3.54. The number of benzene rings is 1. The number of nitrogens with two attached hydrogens (primary N) is 1. The highest BCUT2D eigenvalue weighted by molar-refractivity contribution is 6.03. The Bertz CT molecular complexity index is 399. The van der Waals surface area contributed by atoms with Crippen molar-refractivity contribution in [2.45, 2.75) is 20.3 Å². The first kappa shape index (κ1) is 13.2. The van der Waals surface area contributed by atoms with Gasteiger partial charge in [0.25, 0.3) is 0 Å². The van der Waals surface area contributed by atoms with Crippen LogP contribution in [0.25, 0.3) is 0 Å². The van der Waals surface area contributed by atoms with Crippen LogP contribution in [-0.2, 0) is 16.0 Å². The Morgan fingerprint density at radius 1 is 1.24 bits per heavy atom. The number of hydrogen-bond donors (Lipinski definition) is 2. The van der Waals surface area contributed by atoms with E-state index in [1.165, 1.54) is 13.8 Å². The molecule has 4 heteroatoms. The first-order valence-electron chi connectivity index (χ1n) is 5.56. The second-order valence-corrected chi connectivity index (χ2v) is 4.48. The highest BCUT2D eigenvalue weighted by Gasteiger charge is 2.33. The number of carbonyl (C=O) groups is 2. The van der Waals surface area contributed by atoms with Crippen LogP contribution in [0.3, 0.4) is 0 Å². The molecule has 4 nitrogen and oxygen atoms in total. The van der Waals surface area contributed by atoms with Crippen molar-refractivity contribution < 1.29 is 9.59 Å². The van der Waals surface area contributed by atoms with Gasteiger partial charge in [0.05, 0.1) is 0 Å². The van der Waals surface area contributed by atoms with Gasteiger partial charge >= 0.3 is 0 Å². The third kappa shape index (κ3) is 3.59. The average Bonchev–Trinajstić information content (AvgIpc) is 2.30. The fourth-order valence-corrected chi connectivity index (χ4v) is 1.30. The van der Waals surface area contributed by atoms with Crippen molar-refractivity contribution >= 4 is 11.8 Å². The smallest absolute Gasteiger partial charge is 0.235 e. The molecule has 0 saturated heterocycles. The van der Waals surface area contributed by atoms with Crippen molar-refractivity contribution in [1.29, 1.82) is 0 Å². The van der Waals surface area contributed by atoms with Crippen LogP contribution >= 0.6 is 0 Å². The zero-order valence-electron chi connectivity index (χ0n) is 10.2. The summed E-state index contributed by atoms with van der Waals surface area (Å²) in [6.07, 6.45) is 0.738. The molecule has 0 heterocycles. The Morgan fingerprint density at radius 2 is 1.82 bits per heavy atom. The lowest BCUT2D eigenvalue weighted by atomic mass is 9.91. The lowest BCUT2D eigenvalue weighted by Gasteiger charge is -2.19. The third-order valence-corrected chi connectivity index (χ3v) is 2.73. The maximum absolute atomic E-state index is 11.7. The first-order chi connectivity index (χ1) is 7.94. The fraction of sp³-hybridized carbons (Fsp3) is 0.385. The number of primary amides is 1. The van der Waals surface area contributed by atoms with E-state index in [1.54, 1.807) is 0 Å². The van der Waals surface area contributed by atoms with Crippen LogP contribution in [0, 0.1) is 5.41 Å². The minimum atomic E-state index is -1.16. The van der Waals surface area contributed by atoms with Crippen LogP contribution in [-0.4, -0.2) is 18.4 Å². The van der Waals surface area contributed by atoms with Crippen LogP contribution in [0.15, 0.2) is 30.3 Å². The van der Waals surface area contributed by atoms with Gasteiger partial charge in [-0.15, -0.1) is 0 Å². The lowest BCUT2D eigenvalue weighted by molar-refractivity contribution is -0.139. The van der Waals surface area contributed by atoms with Crippen molar-refractivity contribution in [3.8, 4) is 0 Å². The molecule has 1 aromatic rings. The predicted octanol–water partition coefficient (Wildman–Crippen LogP) is 0.857. The largest absolute Gasteiger partial charge is 0.369 e. The van der Waals surface area contributed by atoms with E-state index in [-0.39, 0.29) is 5.91 Å². The van der Waals surface area contributed by atoms with E-state index >= 15 is 0 Å². The van der Waals surface area contributed by atoms with Gasteiger partial charge in [-0.25, -0.2) is 0 Å². The molecule has 0 aliphatic carbocycles. The van der Waals surface area contributed by atoms with Crippen LogP contribution in [0.4, 0.5) is 0 Å². The number of nitrogens with one attached hydrogen (secondary N) is 1. The highest BCUT2D eigenvalue weighted by Crippen LogP contribution is 2.13. The predicted molar refractivity (Wildman–Crippen MR) is 66.1 cm³/mol. The summed E-state index contributed by atoms with van der Waals surface area (Å²) in [5, 5.41) is 2.71. The summed E-state index contributed by atoms with van der Waals surface area (Å²) >= 11 is 0. The van der Waals surface area contributed by atoms with E-state index in [0.29, 0.717) is 6.54 Å². The summed E-state index contributed by atoms with van der Waals surface area (Å²) in [5.74, 6) is -0.948. The molecule has 0 atom stereocenters. The Kier molecular flexibility index (Phi) is 4.26. The quantitative estimate of drug-likeness (QED) is 0.741. The number of carbonyl (C=O) groups excluding carboxylic acids is 2. The second-order valence-electron chi connectivity index (χ2n) is 4.48. The number of amides is 2. The van der Waals surface area contributed by atoms with E-state index in [2.05, 4.69) is 5.32 Å². The molecule has 92 valence electrons. The Balaban J connectivity index is 2.42. The maximum atomic E-state index is 11.7. The first-order valence-corrected chi connectivity index (χ1v) is 5.56. The summed E-state index contributed by atoms with van der Waals surface area (Å²) in [5.41, 5.74) is 5.14. The molecule has 0 aliphatic heterocycles. The molecule has 0 radical (unpaired) electrons. The topological polar surface area (TPSA) is 72.2 Å². The molecular formula is C13H18N2O2. The van der Waals surface area contributed by atoms with Crippen molar-refractivity contribution in [3.05, 3.63) is 35.9 Å². The van der Waals surface area contributed by atoms with Crippen LogP contribution < -0.4 is 11.1 Å². The fourth-order valence-electron chi connectivity index (χ4n) is 1.30. The zero-order valence-corrected chi connectivity index (χ0v) is 10.2. The molecule has 0 spiro atoms. The highest BCUT2D eigenvalue weighted by atomic mass is 16.2. The van der Waals surface area contributed by atoms with Crippen molar-refractivity contribution in [2.75, 3.05) is 6.54 Å². The van der Waals surface area contributed by atoms with E-state index in [0.717, 1.165) is 12.0 Å². The number of hydrogen-bond acceptors (Lipinski definition) is 2. The summed E-state index contributed by atoms with van der Waals surface area (Å²) in [6, 6.07) is 9.82. The van der Waals surface area contributed by atoms with Gasteiger partial charge in [-0.1, -0.05) is 30.3 Å². The van der Waals surface area contributed by atoms with Gasteiger partial charge < -0.3 is 11.1 Å². The molecule has 2 amide bonds. The van der Waals surface area contributed by atoms with Gasteiger partial charge in [-0.3, -0.25) is 9.59 Å². The molecule has 0 fully saturated rings. The van der Waals surface area contributed by atoms with E-state index in [9.17, 15) is 9.59 Å². The average molecular weight is 234 g/mol. The monoisotopic (exact) mass is 234 g/mol. The van der Waals surface area contributed by atoms with Crippen molar-refractivity contribution in [2.24, 2.45) is 11.1 Å². The standard InChI is InChI=1S/C13H18N2O2/c1-13(2,11(14)16)12(17)15-9-8-10-6-4-3-5-7-10/h3-7H,8-9H2,1-2H3,(H2,14,16)(H,15,17). The van der Waals surface area contributed by atoms with E-state index in [1.807, 2.05) is 30.3 Å². The molecule has 0 aliphatic rings. The summed E-state index contributed by atoms with van der Waals surface area (Å²) in [7, 11) is 0. The van der Waals surface area contributed by atoms with Crippen molar-refractivity contribution in [1.82, 2.24) is 5.32 Å². The number of rotatable bonds is 5. The Labute approximate surface area is 101 Å². The van der Waals surface area contributed by atoms with E-state index in [4.69, 9.17) is 5.73 Å². The molecule has 17 heavy (non-hydrogen) atoms. The van der Waals surface area contributed by atoms with Gasteiger partial charge in [0.2, 0.25) is 11.8 Å². The molecule has 0 aromatic heterocycles. The van der Waals surface area contributed by atoms with Gasteiger partial charge in [0.15, 0.2) is 0 Å². The minimum Gasteiger partial charge on any atom is -0.369 e. The normalized spacial score (nSPS) is 10.9. The van der Waals surface area contributed by atoms with Crippen molar-refractivity contribution in [3.63, 3.8) is 0 Å². The van der Waals surface area contributed by atoms with Gasteiger partial charge in [-0.05, 0) is 25.8 Å². The molecule has 1 rings (SSSR count). The molecule has 0 unspecified atom stereocenters. The molecule has 3 N–H and O–H groups in total. The summed E-state index contributed by atoms with van der Waals surface area (Å²) in [4.78, 5) is 22.7. The molecule has 1 aromatic carbocycles. The minimum absolute atomic E-state index is 0.332. The Morgan fingerprint density at radius 3 is 2.35 bits per heavy atom. The Hall–Kier alpha value is -1.84. The summed E-state index contributed by atoms with van der Waals surface area (Å²) < 4.78 is 0. The van der Waals surface area contributed by atoms with E-state index < -0.39 is 11.3 Å².